The molecule has 0 saturated carbocycles. The molecule has 0 saturated heterocycles. The molecular weight excluding hydrogens is 383 g/mol. The molecule has 1 atom stereocenters. The van der Waals surface area contributed by atoms with Gasteiger partial charge in [-0.3, -0.25) is 4.90 Å². The lowest BCUT2D eigenvalue weighted by Crippen LogP contribution is -2.32. The molecule has 0 spiro atoms. The van der Waals surface area contributed by atoms with Gasteiger partial charge in [0.15, 0.2) is 0 Å². The van der Waals surface area contributed by atoms with E-state index < -0.39 is 19.7 Å². The number of benzene rings is 2. The van der Waals surface area contributed by atoms with Crippen LogP contribution in [0.3, 0.4) is 0 Å². The SMILES string of the molecule is CN(C)C(CCCOc1ccccc1CCc1cccc(OCF)c1)OC(F)F. The van der Waals surface area contributed by atoms with Gasteiger partial charge in [-0.15, -0.1) is 0 Å². The van der Waals surface area contributed by atoms with Crippen molar-refractivity contribution in [2.75, 3.05) is 27.6 Å². The zero-order valence-electron chi connectivity index (χ0n) is 16.8. The van der Waals surface area contributed by atoms with E-state index in [1.165, 1.54) is 0 Å². The molecule has 0 aromatic heterocycles. The van der Waals surface area contributed by atoms with Crippen LogP contribution in [0.15, 0.2) is 48.5 Å². The molecule has 1 unspecified atom stereocenters. The van der Waals surface area contributed by atoms with Crippen LogP contribution in [0.1, 0.15) is 24.0 Å². The standard InChI is InChI=1S/C22H28F3NO3/c1-26(2)21(29-22(24)25)11-6-14-27-20-10-4-3-8-18(20)13-12-17-7-5-9-19(15-17)28-16-23/h3-5,7-10,15,21-22H,6,11-14,16H2,1-2H3. The molecule has 2 aromatic rings. The van der Waals surface area contributed by atoms with Gasteiger partial charge in [0.05, 0.1) is 6.61 Å². The maximum absolute atomic E-state index is 12.5. The van der Waals surface area contributed by atoms with Gasteiger partial charge < -0.3 is 14.2 Å². The van der Waals surface area contributed by atoms with Crippen LogP contribution < -0.4 is 9.47 Å². The Labute approximate surface area is 170 Å². The third-order valence-corrected chi connectivity index (χ3v) is 4.46. The van der Waals surface area contributed by atoms with Crippen molar-refractivity contribution in [3.05, 3.63) is 59.7 Å². The first-order valence-corrected chi connectivity index (χ1v) is 9.58. The van der Waals surface area contributed by atoms with Crippen LogP contribution in [-0.4, -0.2) is 45.3 Å². The maximum Gasteiger partial charge on any atom is 0.346 e. The highest BCUT2D eigenvalue weighted by atomic mass is 19.3. The second kappa shape index (κ2) is 12.3. The van der Waals surface area contributed by atoms with E-state index in [-0.39, 0.29) is 0 Å². The Morgan fingerprint density at radius 1 is 0.966 bits per heavy atom. The fraction of sp³-hybridized carbons (Fsp3) is 0.455. The Bertz CT molecular complexity index is 728. The molecule has 0 fully saturated rings. The Kier molecular flexibility index (Phi) is 9.80. The minimum absolute atomic E-state index is 0.410. The molecule has 2 aromatic carbocycles. The fourth-order valence-corrected chi connectivity index (χ4v) is 2.99. The van der Waals surface area contributed by atoms with Gasteiger partial charge in [0.2, 0.25) is 6.86 Å². The van der Waals surface area contributed by atoms with Crippen molar-refractivity contribution in [1.29, 1.82) is 0 Å². The van der Waals surface area contributed by atoms with Gasteiger partial charge >= 0.3 is 6.61 Å². The molecule has 2 rings (SSSR count). The molecule has 0 bridgehead atoms. The minimum Gasteiger partial charge on any atom is -0.493 e. The van der Waals surface area contributed by atoms with Crippen LogP contribution in [0.5, 0.6) is 11.5 Å². The smallest absolute Gasteiger partial charge is 0.346 e. The lowest BCUT2D eigenvalue weighted by atomic mass is 10.0. The van der Waals surface area contributed by atoms with E-state index in [1.54, 1.807) is 25.1 Å². The van der Waals surface area contributed by atoms with E-state index in [2.05, 4.69) is 4.74 Å². The largest absolute Gasteiger partial charge is 0.493 e. The lowest BCUT2D eigenvalue weighted by molar-refractivity contribution is -0.198. The number of para-hydroxylation sites is 1. The molecule has 4 nitrogen and oxygen atoms in total. The van der Waals surface area contributed by atoms with Crippen molar-refractivity contribution in [1.82, 2.24) is 4.90 Å². The van der Waals surface area contributed by atoms with Crippen LogP contribution in [0.4, 0.5) is 13.2 Å². The van der Waals surface area contributed by atoms with E-state index in [1.807, 2.05) is 42.5 Å². The maximum atomic E-state index is 12.5. The zero-order valence-corrected chi connectivity index (χ0v) is 16.8. The molecule has 160 valence electrons. The second-order valence-corrected chi connectivity index (χ2v) is 6.81. The van der Waals surface area contributed by atoms with Crippen molar-refractivity contribution in [3.8, 4) is 11.5 Å². The number of hydrogen-bond donors (Lipinski definition) is 0. The molecule has 0 aliphatic carbocycles. The highest BCUT2D eigenvalue weighted by molar-refractivity contribution is 5.35. The first-order chi connectivity index (χ1) is 14.0. The Balaban J connectivity index is 1.86. The van der Waals surface area contributed by atoms with Crippen molar-refractivity contribution < 1.29 is 27.4 Å². The monoisotopic (exact) mass is 411 g/mol. The summed E-state index contributed by atoms with van der Waals surface area (Å²) in [4.78, 5) is 1.63. The van der Waals surface area contributed by atoms with Gasteiger partial charge in [-0.1, -0.05) is 30.3 Å². The summed E-state index contributed by atoms with van der Waals surface area (Å²) in [5.74, 6) is 1.29. The van der Waals surface area contributed by atoms with Gasteiger partial charge in [0, 0.05) is 0 Å². The van der Waals surface area contributed by atoms with Crippen LogP contribution >= 0.6 is 0 Å². The van der Waals surface area contributed by atoms with E-state index >= 15 is 0 Å². The van der Waals surface area contributed by atoms with Crippen LogP contribution in [-0.2, 0) is 17.6 Å². The van der Waals surface area contributed by atoms with Gasteiger partial charge in [0.25, 0.3) is 0 Å². The van der Waals surface area contributed by atoms with Gasteiger partial charge in [-0.25, -0.2) is 4.39 Å². The molecule has 0 heterocycles. The zero-order chi connectivity index (χ0) is 21.1. The van der Waals surface area contributed by atoms with E-state index in [0.717, 1.165) is 29.7 Å². The lowest BCUT2D eigenvalue weighted by Gasteiger charge is -2.24. The van der Waals surface area contributed by atoms with Gasteiger partial charge in [0.1, 0.15) is 17.7 Å². The molecule has 0 aliphatic rings. The molecule has 29 heavy (non-hydrogen) atoms. The number of ether oxygens (including phenoxy) is 3. The van der Waals surface area contributed by atoms with Gasteiger partial charge in [-0.05, 0) is 69.1 Å². The Morgan fingerprint density at radius 2 is 1.76 bits per heavy atom. The minimum atomic E-state index is -2.79. The summed E-state index contributed by atoms with van der Waals surface area (Å²) < 4.78 is 52.6. The first-order valence-electron chi connectivity index (χ1n) is 9.58. The van der Waals surface area contributed by atoms with Crippen molar-refractivity contribution in [3.63, 3.8) is 0 Å². The number of alkyl halides is 3. The average Bonchev–Trinajstić information content (AvgIpc) is 2.69. The predicted octanol–water partition coefficient (Wildman–Crippen LogP) is 5.06. The van der Waals surface area contributed by atoms with Gasteiger partial charge in [-0.2, -0.15) is 8.78 Å². The number of halogens is 3. The summed E-state index contributed by atoms with van der Waals surface area (Å²) in [6.07, 6.45) is 1.90. The first kappa shape index (κ1) is 23.0. The summed E-state index contributed by atoms with van der Waals surface area (Å²) in [5.41, 5.74) is 2.10. The molecule has 7 heteroatoms. The summed E-state index contributed by atoms with van der Waals surface area (Å²) in [6, 6.07) is 15.1. The number of aryl methyl sites for hydroxylation is 2. The molecular formula is C22H28F3NO3. The van der Waals surface area contributed by atoms with Crippen LogP contribution in [0.25, 0.3) is 0 Å². The summed E-state index contributed by atoms with van der Waals surface area (Å²) in [6.45, 7) is -3.23. The fourth-order valence-electron chi connectivity index (χ4n) is 2.99. The van der Waals surface area contributed by atoms with E-state index in [9.17, 15) is 13.2 Å². The van der Waals surface area contributed by atoms with Crippen molar-refractivity contribution in [2.24, 2.45) is 0 Å². The highest BCUT2D eigenvalue weighted by Gasteiger charge is 2.17. The number of rotatable bonds is 13. The number of hydrogen-bond acceptors (Lipinski definition) is 4. The quantitative estimate of drug-likeness (QED) is 0.340. The van der Waals surface area contributed by atoms with Crippen molar-refractivity contribution >= 4 is 0 Å². The van der Waals surface area contributed by atoms with E-state index in [4.69, 9.17) is 9.47 Å². The third-order valence-electron chi connectivity index (χ3n) is 4.46. The summed E-state index contributed by atoms with van der Waals surface area (Å²) in [7, 11) is 3.41. The Hall–Kier alpha value is -2.25. The van der Waals surface area contributed by atoms with Crippen LogP contribution in [0.2, 0.25) is 0 Å². The van der Waals surface area contributed by atoms with E-state index in [0.29, 0.717) is 25.2 Å². The highest BCUT2D eigenvalue weighted by Crippen LogP contribution is 2.22. The average molecular weight is 411 g/mol. The normalized spacial score (nSPS) is 12.4. The van der Waals surface area contributed by atoms with Crippen LogP contribution in [0, 0.1) is 0 Å². The van der Waals surface area contributed by atoms with Crippen molar-refractivity contribution in [2.45, 2.75) is 38.5 Å². The third kappa shape index (κ3) is 8.33. The summed E-state index contributed by atoms with van der Waals surface area (Å²) in [5, 5.41) is 0. The topological polar surface area (TPSA) is 30.9 Å². The molecule has 0 aliphatic heterocycles. The molecule has 0 N–H and O–H groups in total. The number of nitrogens with zero attached hydrogens (tertiary/aromatic N) is 1. The predicted molar refractivity (Wildman–Crippen MR) is 106 cm³/mol. The summed E-state index contributed by atoms with van der Waals surface area (Å²) >= 11 is 0. The molecule has 0 radical (unpaired) electrons. The molecule has 0 amide bonds. The Morgan fingerprint density at radius 3 is 2.48 bits per heavy atom. The second-order valence-electron chi connectivity index (χ2n) is 6.81.